The summed E-state index contributed by atoms with van der Waals surface area (Å²) in [7, 11) is -3.57. The molecule has 0 amide bonds. The predicted molar refractivity (Wildman–Crippen MR) is 77.0 cm³/mol. The van der Waals surface area contributed by atoms with E-state index in [1.807, 2.05) is 0 Å². The Bertz CT molecular complexity index is 775. The van der Waals surface area contributed by atoms with Gasteiger partial charge in [-0.15, -0.1) is 0 Å². The zero-order valence-corrected chi connectivity index (χ0v) is 12.9. The molecule has 1 aliphatic rings. The van der Waals surface area contributed by atoms with Crippen molar-refractivity contribution in [2.75, 3.05) is 13.1 Å². The fourth-order valence-electron chi connectivity index (χ4n) is 2.56. The maximum atomic E-state index is 13.6. The molecule has 1 fully saturated rings. The Balaban J connectivity index is 1.73. The van der Waals surface area contributed by atoms with E-state index in [4.69, 9.17) is 4.52 Å². The Kier molecular flexibility index (Phi) is 3.96. The molecule has 2 aromatic rings. The molecule has 1 aliphatic heterocycles. The lowest BCUT2D eigenvalue weighted by Gasteiger charge is -2.16. The van der Waals surface area contributed by atoms with Gasteiger partial charge in [-0.2, -0.15) is 4.98 Å². The van der Waals surface area contributed by atoms with Gasteiger partial charge in [0.1, 0.15) is 5.82 Å². The van der Waals surface area contributed by atoms with Crippen molar-refractivity contribution in [2.24, 2.45) is 0 Å². The monoisotopic (exact) mass is 325 g/mol. The number of sulfonamides is 1. The maximum Gasteiger partial charge on any atom is 0.231 e. The van der Waals surface area contributed by atoms with E-state index in [1.54, 1.807) is 13.0 Å². The molecule has 8 heteroatoms. The molecule has 1 aromatic heterocycles. The highest BCUT2D eigenvalue weighted by Crippen LogP contribution is 2.29. The van der Waals surface area contributed by atoms with Crippen LogP contribution in [-0.4, -0.2) is 36.0 Å². The first-order chi connectivity index (χ1) is 10.5. The molecule has 6 nitrogen and oxygen atoms in total. The Morgan fingerprint density at radius 3 is 2.86 bits per heavy atom. The largest absolute Gasteiger partial charge is 0.339 e. The minimum Gasteiger partial charge on any atom is -0.339 e. The SMILES string of the molecule is Cc1noc([C@H]2CCN(S(=O)(=O)Cc3ccccc3F)C2)n1. The third-order valence-electron chi connectivity index (χ3n) is 3.73. The lowest BCUT2D eigenvalue weighted by Crippen LogP contribution is -2.30. The van der Waals surface area contributed by atoms with Crippen molar-refractivity contribution in [3.05, 3.63) is 47.4 Å². The Morgan fingerprint density at radius 1 is 1.41 bits per heavy atom. The van der Waals surface area contributed by atoms with Crippen LogP contribution < -0.4 is 0 Å². The van der Waals surface area contributed by atoms with E-state index in [0.29, 0.717) is 31.2 Å². The normalized spacial score (nSPS) is 19.6. The molecule has 1 saturated heterocycles. The highest BCUT2D eigenvalue weighted by atomic mass is 32.2. The molecule has 3 rings (SSSR count). The van der Waals surface area contributed by atoms with Gasteiger partial charge in [-0.25, -0.2) is 17.1 Å². The molecule has 0 N–H and O–H groups in total. The minimum absolute atomic E-state index is 0.100. The van der Waals surface area contributed by atoms with Crippen LogP contribution in [0.3, 0.4) is 0 Å². The molecule has 0 unspecified atom stereocenters. The Morgan fingerprint density at radius 2 is 2.18 bits per heavy atom. The van der Waals surface area contributed by atoms with Crippen molar-refractivity contribution in [3.63, 3.8) is 0 Å². The lowest BCUT2D eigenvalue weighted by atomic mass is 10.1. The molecule has 0 radical (unpaired) electrons. The Labute approximate surface area is 128 Å². The van der Waals surface area contributed by atoms with Crippen molar-refractivity contribution >= 4 is 10.0 Å². The number of nitrogens with zero attached hydrogens (tertiary/aromatic N) is 3. The zero-order valence-electron chi connectivity index (χ0n) is 12.1. The number of halogens is 1. The maximum absolute atomic E-state index is 13.6. The molecule has 0 spiro atoms. The van der Waals surface area contributed by atoms with Gasteiger partial charge in [0.05, 0.1) is 11.7 Å². The molecular weight excluding hydrogens is 309 g/mol. The van der Waals surface area contributed by atoms with Gasteiger partial charge in [-0.05, 0) is 19.4 Å². The van der Waals surface area contributed by atoms with E-state index in [1.165, 1.54) is 22.5 Å². The van der Waals surface area contributed by atoms with Crippen LogP contribution in [0.1, 0.15) is 29.6 Å². The van der Waals surface area contributed by atoms with Gasteiger partial charge in [-0.3, -0.25) is 0 Å². The second-order valence-corrected chi connectivity index (χ2v) is 7.34. The summed E-state index contributed by atoms with van der Waals surface area (Å²) in [5, 5.41) is 3.72. The summed E-state index contributed by atoms with van der Waals surface area (Å²) in [6.07, 6.45) is 0.623. The van der Waals surface area contributed by atoms with Gasteiger partial charge in [0.15, 0.2) is 5.82 Å². The molecule has 1 aromatic carbocycles. The van der Waals surface area contributed by atoms with Gasteiger partial charge >= 0.3 is 0 Å². The van der Waals surface area contributed by atoms with Crippen LogP contribution in [0.2, 0.25) is 0 Å². The van der Waals surface area contributed by atoms with Crippen molar-refractivity contribution in [2.45, 2.75) is 25.0 Å². The number of hydrogen-bond acceptors (Lipinski definition) is 5. The summed E-state index contributed by atoms with van der Waals surface area (Å²) >= 11 is 0. The van der Waals surface area contributed by atoms with Crippen LogP contribution >= 0.6 is 0 Å². The molecule has 118 valence electrons. The summed E-state index contributed by atoms with van der Waals surface area (Å²) in [4.78, 5) is 4.15. The van der Waals surface area contributed by atoms with E-state index in [-0.39, 0.29) is 17.2 Å². The number of benzene rings is 1. The molecule has 2 heterocycles. The third-order valence-corrected chi connectivity index (χ3v) is 5.53. The molecule has 22 heavy (non-hydrogen) atoms. The average molecular weight is 325 g/mol. The predicted octanol–water partition coefficient (Wildman–Crippen LogP) is 1.84. The summed E-state index contributed by atoms with van der Waals surface area (Å²) in [5.41, 5.74) is 0.180. The molecule has 0 aliphatic carbocycles. The van der Waals surface area contributed by atoms with Crippen LogP contribution in [0.15, 0.2) is 28.8 Å². The van der Waals surface area contributed by atoms with Gasteiger partial charge < -0.3 is 4.52 Å². The second-order valence-electron chi connectivity index (χ2n) is 5.37. The Hall–Kier alpha value is -1.80. The summed E-state index contributed by atoms with van der Waals surface area (Å²) in [6, 6.07) is 5.91. The summed E-state index contributed by atoms with van der Waals surface area (Å²) in [6.45, 7) is 2.38. The topological polar surface area (TPSA) is 76.3 Å². The van der Waals surface area contributed by atoms with Gasteiger partial charge in [-0.1, -0.05) is 23.4 Å². The van der Waals surface area contributed by atoms with E-state index in [0.717, 1.165) is 0 Å². The second kappa shape index (κ2) is 5.77. The number of aryl methyl sites for hydroxylation is 1. The number of rotatable bonds is 4. The third kappa shape index (κ3) is 3.02. The number of aromatic nitrogens is 2. The highest BCUT2D eigenvalue weighted by Gasteiger charge is 2.35. The minimum atomic E-state index is -3.57. The van der Waals surface area contributed by atoms with Crippen LogP contribution in [0, 0.1) is 12.7 Å². The lowest BCUT2D eigenvalue weighted by molar-refractivity contribution is 0.351. The van der Waals surface area contributed by atoms with E-state index in [2.05, 4.69) is 10.1 Å². The van der Waals surface area contributed by atoms with E-state index >= 15 is 0 Å². The van der Waals surface area contributed by atoms with Crippen molar-refractivity contribution in [1.29, 1.82) is 0 Å². The van der Waals surface area contributed by atoms with Crippen LogP contribution in [0.5, 0.6) is 0 Å². The van der Waals surface area contributed by atoms with Crippen molar-refractivity contribution in [3.8, 4) is 0 Å². The highest BCUT2D eigenvalue weighted by molar-refractivity contribution is 7.88. The molecular formula is C14H16FN3O3S. The molecule has 1 atom stereocenters. The van der Waals surface area contributed by atoms with Crippen LogP contribution in [-0.2, 0) is 15.8 Å². The average Bonchev–Trinajstić information content (AvgIpc) is 3.10. The van der Waals surface area contributed by atoms with Gasteiger partial charge in [0.2, 0.25) is 15.9 Å². The van der Waals surface area contributed by atoms with Crippen LogP contribution in [0.4, 0.5) is 4.39 Å². The van der Waals surface area contributed by atoms with Gasteiger partial charge in [0.25, 0.3) is 0 Å². The first kappa shape index (κ1) is 15.1. The first-order valence-corrected chi connectivity index (χ1v) is 8.58. The summed E-state index contributed by atoms with van der Waals surface area (Å²) in [5.74, 6) is 0.0459. The zero-order chi connectivity index (χ0) is 15.7. The fourth-order valence-corrected chi connectivity index (χ4v) is 4.16. The van der Waals surface area contributed by atoms with Crippen molar-refractivity contribution < 1.29 is 17.3 Å². The quantitative estimate of drug-likeness (QED) is 0.857. The molecule has 0 bridgehead atoms. The number of hydrogen-bond donors (Lipinski definition) is 0. The fraction of sp³-hybridized carbons (Fsp3) is 0.429. The van der Waals surface area contributed by atoms with Gasteiger partial charge in [0, 0.05) is 18.7 Å². The first-order valence-electron chi connectivity index (χ1n) is 6.97. The van der Waals surface area contributed by atoms with Crippen LogP contribution in [0.25, 0.3) is 0 Å². The standard InChI is InChI=1S/C14H16FN3O3S/c1-10-16-14(21-17-10)11-6-7-18(8-11)22(19,20)9-12-4-2-3-5-13(12)15/h2-5,11H,6-9H2,1H3/t11-/m0/s1. The van der Waals surface area contributed by atoms with E-state index in [9.17, 15) is 12.8 Å². The smallest absolute Gasteiger partial charge is 0.231 e. The van der Waals surface area contributed by atoms with E-state index < -0.39 is 15.8 Å². The van der Waals surface area contributed by atoms with Crippen molar-refractivity contribution in [1.82, 2.24) is 14.4 Å². The molecule has 0 saturated carbocycles. The summed E-state index contributed by atoms with van der Waals surface area (Å²) < 4.78 is 45.0.